The largest absolute Gasteiger partial charge is 0.492 e. The lowest BCUT2D eigenvalue weighted by atomic mass is 9.76. The molecule has 55 heavy (non-hydrogen) atoms. The molecule has 1 saturated carbocycles. The molecule has 1 fully saturated rings. The molecule has 8 heteroatoms. The third kappa shape index (κ3) is 13.7. The van der Waals surface area contributed by atoms with Crippen molar-refractivity contribution in [1.82, 2.24) is 0 Å². The number of esters is 2. The quantitative estimate of drug-likeness (QED) is 0.0623. The van der Waals surface area contributed by atoms with Gasteiger partial charge in [-0.3, -0.25) is 0 Å². The summed E-state index contributed by atoms with van der Waals surface area (Å²) in [6.45, 7) is 15.4. The van der Waals surface area contributed by atoms with Crippen molar-refractivity contribution in [3.05, 3.63) is 76.9 Å². The van der Waals surface area contributed by atoms with Gasteiger partial charge in [0.1, 0.15) is 5.75 Å². The van der Waals surface area contributed by atoms with Crippen molar-refractivity contribution < 1.29 is 23.8 Å². The molecule has 0 aromatic heterocycles. The minimum absolute atomic E-state index is 0.00268. The van der Waals surface area contributed by atoms with Crippen LogP contribution in [0, 0.1) is 45.3 Å². The van der Waals surface area contributed by atoms with Crippen LogP contribution in [0.4, 0.5) is 0 Å². The fourth-order valence-electron chi connectivity index (χ4n) is 7.55. The summed E-state index contributed by atoms with van der Waals surface area (Å²) >= 11 is 0. The van der Waals surface area contributed by atoms with Gasteiger partial charge in [-0.2, -0.15) is 15.8 Å². The van der Waals surface area contributed by atoms with Gasteiger partial charge < -0.3 is 14.2 Å². The van der Waals surface area contributed by atoms with Gasteiger partial charge in [0.25, 0.3) is 0 Å². The summed E-state index contributed by atoms with van der Waals surface area (Å²) in [6, 6.07) is 17.7. The highest BCUT2D eigenvalue weighted by Gasteiger charge is 2.32. The Bertz CT molecular complexity index is 1650. The molecule has 2 aromatic carbocycles. The molecule has 0 bridgehead atoms. The second kappa shape index (κ2) is 23.1. The fraction of sp³-hybridized carbons (Fsp3) is 0.553. The number of carbonyl (C=O) groups is 2. The summed E-state index contributed by atoms with van der Waals surface area (Å²) in [5.41, 5.74) is 6.36. The lowest BCUT2D eigenvalue weighted by Crippen LogP contribution is -2.28. The molecule has 0 radical (unpaired) electrons. The van der Waals surface area contributed by atoms with Crippen molar-refractivity contribution in [2.75, 3.05) is 19.8 Å². The molecule has 0 unspecified atom stereocenters. The molecule has 0 atom stereocenters. The van der Waals surface area contributed by atoms with E-state index in [1.807, 2.05) is 0 Å². The van der Waals surface area contributed by atoms with Gasteiger partial charge in [0.05, 0.1) is 38.0 Å². The first-order valence-corrected chi connectivity index (χ1v) is 20.2. The Morgan fingerprint density at radius 1 is 0.764 bits per heavy atom. The van der Waals surface area contributed by atoms with Gasteiger partial charge in [-0.25, -0.2) is 9.59 Å². The van der Waals surface area contributed by atoms with Gasteiger partial charge >= 0.3 is 11.9 Å². The average Bonchev–Trinajstić information content (AvgIpc) is 3.17. The summed E-state index contributed by atoms with van der Waals surface area (Å²) in [5.74, 6) is 1.15. The van der Waals surface area contributed by atoms with Crippen LogP contribution >= 0.6 is 0 Å². The SMILES string of the molecule is C=C(C)C(=O)OCCCc1cc(-c2ccc(C3CCC(CCCCC)CC3)cc2CC)cc(CCCOC(=O)C(=C)C)c1OCC(CC#N)(CC#N)CC#N. The Morgan fingerprint density at radius 3 is 1.78 bits per heavy atom. The van der Waals surface area contributed by atoms with Crippen LogP contribution in [-0.2, 0) is 38.3 Å². The summed E-state index contributed by atoms with van der Waals surface area (Å²) in [4.78, 5) is 24.3. The molecule has 0 spiro atoms. The molecule has 1 aliphatic carbocycles. The average molecular weight is 748 g/mol. The van der Waals surface area contributed by atoms with Crippen molar-refractivity contribution in [1.29, 1.82) is 15.8 Å². The van der Waals surface area contributed by atoms with Crippen LogP contribution in [-0.4, -0.2) is 31.8 Å². The predicted octanol–water partition coefficient (Wildman–Crippen LogP) is 11.0. The molecule has 0 saturated heterocycles. The first kappa shape index (κ1) is 44.5. The third-order valence-electron chi connectivity index (χ3n) is 10.8. The molecule has 2 aromatic rings. The first-order valence-electron chi connectivity index (χ1n) is 20.2. The monoisotopic (exact) mass is 747 g/mol. The second-order valence-electron chi connectivity index (χ2n) is 15.4. The molecular weight excluding hydrogens is 687 g/mol. The van der Waals surface area contributed by atoms with E-state index in [1.54, 1.807) is 13.8 Å². The Balaban J connectivity index is 2.05. The highest BCUT2D eigenvalue weighted by molar-refractivity contribution is 5.87. The first-order chi connectivity index (χ1) is 26.5. The van der Waals surface area contributed by atoms with Crippen LogP contribution in [0.15, 0.2) is 54.6 Å². The topological polar surface area (TPSA) is 133 Å². The Kier molecular flexibility index (Phi) is 18.7. The summed E-state index contributed by atoms with van der Waals surface area (Å²) in [5, 5.41) is 29.0. The molecule has 8 nitrogen and oxygen atoms in total. The van der Waals surface area contributed by atoms with E-state index in [4.69, 9.17) is 14.2 Å². The molecule has 0 amide bonds. The van der Waals surface area contributed by atoms with Gasteiger partial charge in [-0.1, -0.05) is 70.9 Å². The lowest BCUT2D eigenvalue weighted by molar-refractivity contribution is -0.139. The zero-order valence-corrected chi connectivity index (χ0v) is 33.8. The number of carbonyl (C=O) groups excluding carboxylic acids is 2. The van der Waals surface area contributed by atoms with Crippen LogP contribution in [0.1, 0.15) is 139 Å². The zero-order valence-electron chi connectivity index (χ0n) is 33.8. The maximum absolute atomic E-state index is 12.2. The van der Waals surface area contributed by atoms with Crippen LogP contribution < -0.4 is 4.74 Å². The predicted molar refractivity (Wildman–Crippen MR) is 217 cm³/mol. The standard InChI is InChI=1S/C47H61N3O5/c1-7-9-10-13-36-16-18-38(19-17-36)39-20-21-43(37(8-2)30-39)42-31-40(14-11-28-53-45(51)34(3)4)44(41(32-42)15-12-29-54-46(52)35(5)6)55-33-47(22-25-48,23-26-49)24-27-50/h20-21,30-32,36,38H,3,5,7-19,22-24,28-29,33H2,1-2,4,6H3. The van der Waals surface area contributed by atoms with E-state index in [9.17, 15) is 25.4 Å². The molecule has 3 rings (SSSR count). The minimum Gasteiger partial charge on any atom is -0.492 e. The second-order valence-corrected chi connectivity index (χ2v) is 15.4. The van der Waals surface area contributed by atoms with Gasteiger partial charge in [0, 0.05) is 35.8 Å². The van der Waals surface area contributed by atoms with Crippen LogP contribution in [0.3, 0.4) is 0 Å². The summed E-state index contributed by atoms with van der Waals surface area (Å²) in [7, 11) is 0. The zero-order chi connectivity index (χ0) is 40.2. The number of nitrogens with zero attached hydrogens (tertiary/aromatic N) is 3. The van der Waals surface area contributed by atoms with Crippen molar-refractivity contribution in [2.45, 2.75) is 136 Å². The molecule has 1 aliphatic rings. The van der Waals surface area contributed by atoms with Crippen molar-refractivity contribution in [3.8, 4) is 35.1 Å². The van der Waals surface area contributed by atoms with E-state index < -0.39 is 17.4 Å². The number of nitriles is 3. The minimum atomic E-state index is -0.959. The molecular formula is C47H61N3O5. The maximum Gasteiger partial charge on any atom is 0.333 e. The molecule has 0 N–H and O–H groups in total. The fourth-order valence-corrected chi connectivity index (χ4v) is 7.55. The van der Waals surface area contributed by atoms with Gasteiger partial charge in [0.15, 0.2) is 0 Å². The molecule has 294 valence electrons. The number of benzene rings is 2. The van der Waals surface area contributed by atoms with E-state index in [1.165, 1.54) is 62.5 Å². The van der Waals surface area contributed by atoms with Crippen LogP contribution in [0.2, 0.25) is 0 Å². The highest BCUT2D eigenvalue weighted by Crippen LogP contribution is 2.41. The summed E-state index contributed by atoms with van der Waals surface area (Å²) in [6.07, 6.45) is 13.3. The summed E-state index contributed by atoms with van der Waals surface area (Å²) < 4.78 is 17.5. The smallest absolute Gasteiger partial charge is 0.333 e. The number of rotatable bonds is 23. The Labute approximate surface area is 330 Å². The Morgan fingerprint density at radius 2 is 1.31 bits per heavy atom. The number of ether oxygens (including phenoxy) is 3. The van der Waals surface area contributed by atoms with Gasteiger partial charge in [0.2, 0.25) is 0 Å². The van der Waals surface area contributed by atoms with E-state index >= 15 is 0 Å². The number of hydrogen-bond donors (Lipinski definition) is 0. The van der Waals surface area contributed by atoms with Gasteiger partial charge in [-0.15, -0.1) is 0 Å². The van der Waals surface area contributed by atoms with Crippen LogP contribution in [0.5, 0.6) is 5.75 Å². The van der Waals surface area contributed by atoms with Crippen molar-refractivity contribution in [3.63, 3.8) is 0 Å². The third-order valence-corrected chi connectivity index (χ3v) is 10.8. The van der Waals surface area contributed by atoms with E-state index in [0.717, 1.165) is 34.6 Å². The van der Waals surface area contributed by atoms with E-state index in [0.29, 0.717) is 48.5 Å². The number of hydrogen-bond acceptors (Lipinski definition) is 8. The molecule has 0 heterocycles. The maximum atomic E-state index is 12.2. The molecule has 0 aliphatic heterocycles. The number of aryl methyl sites for hydroxylation is 3. The Hall–Kier alpha value is -4.87. The van der Waals surface area contributed by atoms with Crippen molar-refractivity contribution in [2.24, 2.45) is 11.3 Å². The lowest BCUT2D eigenvalue weighted by Gasteiger charge is -2.29. The normalized spacial score (nSPS) is 15.2. The van der Waals surface area contributed by atoms with E-state index in [2.05, 4.69) is 75.5 Å². The number of unbranched alkanes of at least 4 members (excludes halogenated alkanes) is 2. The van der Waals surface area contributed by atoms with E-state index in [-0.39, 0.29) is 39.1 Å². The highest BCUT2D eigenvalue weighted by atomic mass is 16.5. The van der Waals surface area contributed by atoms with Gasteiger partial charge in [-0.05, 0) is 129 Å². The van der Waals surface area contributed by atoms with Crippen LogP contribution in [0.25, 0.3) is 11.1 Å². The van der Waals surface area contributed by atoms with Crippen molar-refractivity contribution >= 4 is 11.9 Å².